The van der Waals surface area contributed by atoms with Gasteiger partial charge in [0.1, 0.15) is 11.3 Å². The molecule has 2 aromatic carbocycles. The van der Waals surface area contributed by atoms with Crippen LogP contribution in [0.4, 0.5) is 0 Å². The van der Waals surface area contributed by atoms with Crippen LogP contribution in [0.2, 0.25) is 0 Å². The number of rotatable bonds is 6. The van der Waals surface area contributed by atoms with Crippen molar-refractivity contribution in [2.24, 2.45) is 0 Å². The molecule has 1 aromatic heterocycles. The quantitative estimate of drug-likeness (QED) is 0.696. The Morgan fingerprint density at radius 1 is 1.03 bits per heavy atom. The van der Waals surface area contributed by atoms with E-state index in [2.05, 4.69) is 46.3 Å². The minimum atomic E-state index is -0.141. The number of furan rings is 1. The van der Waals surface area contributed by atoms with Gasteiger partial charge in [0.05, 0.1) is 12.6 Å². The Kier molecular flexibility index (Phi) is 5.97. The molecular weight excluding hydrogens is 362 g/mol. The molecule has 0 spiro atoms. The van der Waals surface area contributed by atoms with Crippen LogP contribution in [0.3, 0.4) is 0 Å². The fourth-order valence-electron chi connectivity index (χ4n) is 3.95. The number of nitrogens with zero attached hydrogens (tertiary/aromatic N) is 2. The molecule has 3 aromatic rings. The maximum atomic E-state index is 12.5. The number of carbonyl (C=O) groups excluding carboxylic acids is 1. The predicted molar refractivity (Wildman–Crippen MR) is 116 cm³/mol. The van der Waals surface area contributed by atoms with Crippen LogP contribution in [0.5, 0.6) is 0 Å². The van der Waals surface area contributed by atoms with Crippen LogP contribution in [0.25, 0.3) is 11.0 Å². The zero-order valence-corrected chi connectivity index (χ0v) is 17.2. The zero-order valence-electron chi connectivity index (χ0n) is 17.2. The van der Waals surface area contributed by atoms with E-state index in [-0.39, 0.29) is 11.9 Å². The number of amides is 1. The number of piperazine rings is 1. The lowest BCUT2D eigenvalue weighted by atomic mass is 10.1. The standard InChI is InChI=1S/C24H29N3O2/c1-18-6-5-7-20(14-18)16-26-10-12-27(13-11-26)17-24(28)25-19(2)23-15-21-8-3-4-9-22(21)29-23/h3-9,14-15,19H,10-13,16-17H2,1-2H3,(H,25,28)/t19-/m1/s1. The van der Waals surface area contributed by atoms with E-state index in [1.165, 1.54) is 11.1 Å². The molecule has 0 aliphatic carbocycles. The van der Waals surface area contributed by atoms with Gasteiger partial charge in [-0.05, 0) is 31.5 Å². The van der Waals surface area contributed by atoms with Crippen molar-refractivity contribution in [3.63, 3.8) is 0 Å². The van der Waals surface area contributed by atoms with Crippen molar-refractivity contribution in [2.75, 3.05) is 32.7 Å². The van der Waals surface area contributed by atoms with Crippen molar-refractivity contribution in [1.29, 1.82) is 0 Å². The second-order valence-electron chi connectivity index (χ2n) is 8.02. The van der Waals surface area contributed by atoms with Crippen LogP contribution in [-0.4, -0.2) is 48.4 Å². The Balaban J connectivity index is 1.24. The third-order valence-electron chi connectivity index (χ3n) is 5.57. The SMILES string of the molecule is Cc1cccc(CN2CCN(CC(=O)N[C@H](C)c3cc4ccccc4o3)CC2)c1. The third-order valence-corrected chi connectivity index (χ3v) is 5.57. The van der Waals surface area contributed by atoms with E-state index in [1.54, 1.807) is 0 Å². The molecule has 1 fully saturated rings. The summed E-state index contributed by atoms with van der Waals surface area (Å²) >= 11 is 0. The summed E-state index contributed by atoms with van der Waals surface area (Å²) in [5.74, 6) is 0.840. The highest BCUT2D eigenvalue weighted by molar-refractivity contribution is 5.80. The Bertz CT molecular complexity index is 940. The maximum absolute atomic E-state index is 12.5. The molecule has 1 saturated heterocycles. The summed E-state index contributed by atoms with van der Waals surface area (Å²) in [6, 6.07) is 18.5. The largest absolute Gasteiger partial charge is 0.459 e. The number of aryl methyl sites for hydroxylation is 1. The number of carbonyl (C=O) groups is 1. The van der Waals surface area contributed by atoms with Gasteiger partial charge in [-0.15, -0.1) is 0 Å². The highest BCUT2D eigenvalue weighted by atomic mass is 16.3. The lowest BCUT2D eigenvalue weighted by Crippen LogP contribution is -2.49. The van der Waals surface area contributed by atoms with E-state index in [1.807, 2.05) is 37.3 Å². The molecule has 5 heteroatoms. The highest BCUT2D eigenvalue weighted by Gasteiger charge is 2.21. The van der Waals surface area contributed by atoms with Crippen LogP contribution < -0.4 is 5.32 Å². The van der Waals surface area contributed by atoms with E-state index in [4.69, 9.17) is 4.42 Å². The van der Waals surface area contributed by atoms with Gasteiger partial charge in [-0.2, -0.15) is 0 Å². The highest BCUT2D eigenvalue weighted by Crippen LogP contribution is 2.23. The Hall–Kier alpha value is -2.63. The molecule has 29 heavy (non-hydrogen) atoms. The van der Waals surface area contributed by atoms with Gasteiger partial charge in [-0.3, -0.25) is 14.6 Å². The predicted octanol–water partition coefficient (Wildman–Crippen LogP) is 3.74. The minimum Gasteiger partial charge on any atom is -0.459 e. The summed E-state index contributed by atoms with van der Waals surface area (Å²) < 4.78 is 5.86. The molecule has 5 nitrogen and oxygen atoms in total. The minimum absolute atomic E-state index is 0.0464. The normalized spacial score (nSPS) is 16.8. The van der Waals surface area contributed by atoms with Gasteiger partial charge >= 0.3 is 0 Å². The van der Waals surface area contributed by atoms with Gasteiger partial charge in [0, 0.05) is 38.1 Å². The summed E-state index contributed by atoms with van der Waals surface area (Å²) in [6.45, 7) is 9.31. The fourth-order valence-corrected chi connectivity index (χ4v) is 3.95. The second kappa shape index (κ2) is 8.80. The molecule has 1 aliphatic heterocycles. The van der Waals surface area contributed by atoms with E-state index >= 15 is 0 Å². The maximum Gasteiger partial charge on any atom is 0.234 e. The van der Waals surface area contributed by atoms with Crippen LogP contribution >= 0.6 is 0 Å². The second-order valence-corrected chi connectivity index (χ2v) is 8.02. The molecule has 1 atom stereocenters. The topological polar surface area (TPSA) is 48.7 Å². The van der Waals surface area contributed by atoms with Crippen molar-refractivity contribution >= 4 is 16.9 Å². The van der Waals surface area contributed by atoms with E-state index in [9.17, 15) is 4.79 Å². The summed E-state index contributed by atoms with van der Waals surface area (Å²) in [7, 11) is 0. The van der Waals surface area contributed by atoms with E-state index < -0.39 is 0 Å². The van der Waals surface area contributed by atoms with Crippen LogP contribution in [0.15, 0.2) is 59.0 Å². The Morgan fingerprint density at radius 2 is 1.79 bits per heavy atom. The van der Waals surface area contributed by atoms with Crippen molar-refractivity contribution in [2.45, 2.75) is 26.4 Å². The van der Waals surface area contributed by atoms with Crippen molar-refractivity contribution in [3.05, 3.63) is 71.5 Å². The first-order chi connectivity index (χ1) is 14.1. The number of hydrogen-bond donors (Lipinski definition) is 1. The van der Waals surface area contributed by atoms with Gasteiger partial charge in [-0.1, -0.05) is 48.0 Å². The number of nitrogens with one attached hydrogen (secondary N) is 1. The molecule has 0 saturated carbocycles. The smallest absolute Gasteiger partial charge is 0.234 e. The average molecular weight is 392 g/mol. The molecule has 0 bridgehead atoms. The number of hydrogen-bond acceptors (Lipinski definition) is 4. The summed E-state index contributed by atoms with van der Waals surface area (Å²) in [4.78, 5) is 17.2. The molecular formula is C24H29N3O2. The monoisotopic (exact) mass is 391 g/mol. The van der Waals surface area contributed by atoms with Crippen LogP contribution in [0, 0.1) is 6.92 Å². The van der Waals surface area contributed by atoms with Crippen LogP contribution in [0.1, 0.15) is 29.9 Å². The van der Waals surface area contributed by atoms with Gasteiger partial charge in [0.2, 0.25) is 5.91 Å². The summed E-state index contributed by atoms with van der Waals surface area (Å²) in [5.41, 5.74) is 3.51. The molecule has 1 N–H and O–H groups in total. The first kappa shape index (κ1) is 19.7. The molecule has 2 heterocycles. The van der Waals surface area contributed by atoms with Gasteiger partial charge in [-0.25, -0.2) is 0 Å². The van der Waals surface area contributed by atoms with Gasteiger partial charge < -0.3 is 9.73 Å². The first-order valence-electron chi connectivity index (χ1n) is 10.3. The number of fused-ring (bicyclic) bond motifs is 1. The van der Waals surface area contributed by atoms with E-state index in [0.717, 1.165) is 49.5 Å². The molecule has 1 amide bonds. The van der Waals surface area contributed by atoms with Crippen molar-refractivity contribution in [1.82, 2.24) is 15.1 Å². The lowest BCUT2D eigenvalue weighted by molar-refractivity contribution is -0.123. The fraction of sp³-hybridized carbons (Fsp3) is 0.375. The van der Waals surface area contributed by atoms with Crippen LogP contribution in [-0.2, 0) is 11.3 Å². The van der Waals surface area contributed by atoms with Gasteiger partial charge in [0.15, 0.2) is 0 Å². The zero-order chi connectivity index (χ0) is 20.2. The number of para-hydroxylation sites is 1. The third kappa shape index (κ3) is 5.05. The Morgan fingerprint density at radius 3 is 2.55 bits per heavy atom. The molecule has 4 rings (SSSR count). The molecule has 0 radical (unpaired) electrons. The molecule has 1 aliphatic rings. The molecule has 152 valence electrons. The van der Waals surface area contributed by atoms with Gasteiger partial charge in [0.25, 0.3) is 0 Å². The summed E-state index contributed by atoms with van der Waals surface area (Å²) in [5, 5.41) is 4.14. The lowest BCUT2D eigenvalue weighted by Gasteiger charge is -2.34. The van der Waals surface area contributed by atoms with Crippen molar-refractivity contribution < 1.29 is 9.21 Å². The number of benzene rings is 2. The Labute approximate surface area is 172 Å². The first-order valence-corrected chi connectivity index (χ1v) is 10.3. The van der Waals surface area contributed by atoms with E-state index in [0.29, 0.717) is 6.54 Å². The van der Waals surface area contributed by atoms with Crippen molar-refractivity contribution in [3.8, 4) is 0 Å². The molecule has 0 unspecified atom stereocenters. The summed E-state index contributed by atoms with van der Waals surface area (Å²) in [6.07, 6.45) is 0. The average Bonchev–Trinajstić information content (AvgIpc) is 3.14.